The molecule has 2 N–H and O–H groups in total. The molecule has 1 aromatic heterocycles. The van der Waals surface area contributed by atoms with Gasteiger partial charge in [0.25, 0.3) is 0 Å². The van der Waals surface area contributed by atoms with Gasteiger partial charge in [-0.25, -0.2) is 0 Å². The molecule has 0 radical (unpaired) electrons. The van der Waals surface area contributed by atoms with Crippen molar-refractivity contribution in [3.05, 3.63) is 45.0 Å². The van der Waals surface area contributed by atoms with E-state index in [1.807, 2.05) is 6.07 Å². The monoisotopic (exact) mass is 325 g/mol. The van der Waals surface area contributed by atoms with Crippen LogP contribution in [0.15, 0.2) is 45.3 Å². The van der Waals surface area contributed by atoms with Gasteiger partial charge in [-0.3, -0.25) is 0 Å². The molecule has 7 nitrogen and oxygen atoms in total. The fraction of sp³-hybridized carbons (Fsp3) is 0.200. The summed E-state index contributed by atoms with van der Waals surface area (Å²) in [6.45, 7) is 3.41. The first-order valence-corrected chi connectivity index (χ1v) is 7.25. The van der Waals surface area contributed by atoms with Crippen LogP contribution in [-0.2, 0) is 15.4 Å². The van der Waals surface area contributed by atoms with Crippen molar-refractivity contribution in [3.63, 3.8) is 0 Å². The Morgan fingerprint density at radius 2 is 2.04 bits per heavy atom. The molecule has 0 aromatic carbocycles. The number of rotatable bonds is 3. The number of oxime groups is 1. The first-order chi connectivity index (χ1) is 11.0. The van der Waals surface area contributed by atoms with Gasteiger partial charge in [0.15, 0.2) is 0 Å². The molecule has 114 valence electrons. The van der Waals surface area contributed by atoms with E-state index >= 15 is 0 Å². The Balaban J connectivity index is 2.80. The van der Waals surface area contributed by atoms with Crippen molar-refractivity contribution in [3.8, 4) is 18.2 Å². The number of ether oxygens (including phenoxy) is 1. The molecule has 0 saturated heterocycles. The van der Waals surface area contributed by atoms with Gasteiger partial charge in [-0.1, -0.05) is 11.2 Å². The van der Waals surface area contributed by atoms with E-state index in [0.717, 1.165) is 0 Å². The van der Waals surface area contributed by atoms with Crippen molar-refractivity contribution in [2.75, 3.05) is 0 Å². The lowest BCUT2D eigenvalue weighted by molar-refractivity contribution is -0.184. The topological polar surface area (TPSA) is 128 Å². The summed E-state index contributed by atoms with van der Waals surface area (Å²) in [6.07, 6.45) is 0. The maximum atomic E-state index is 9.35. The second-order valence-corrected chi connectivity index (χ2v) is 5.60. The van der Waals surface area contributed by atoms with Crippen LogP contribution in [0.3, 0.4) is 0 Å². The van der Waals surface area contributed by atoms with Crippen LogP contribution in [0.25, 0.3) is 0 Å². The molecule has 2 heterocycles. The number of allylic oxidation sites excluding steroid dienone is 1. The molecule has 0 fully saturated rings. The molecule has 0 saturated carbocycles. The van der Waals surface area contributed by atoms with E-state index in [1.165, 1.54) is 11.3 Å². The smallest absolute Gasteiger partial charge is 0.342 e. The van der Waals surface area contributed by atoms with Gasteiger partial charge in [-0.2, -0.15) is 15.8 Å². The van der Waals surface area contributed by atoms with Crippen molar-refractivity contribution in [1.29, 1.82) is 15.8 Å². The van der Waals surface area contributed by atoms with E-state index in [9.17, 15) is 15.8 Å². The van der Waals surface area contributed by atoms with E-state index < -0.39 is 5.79 Å². The molecule has 2 rings (SSSR count). The molecule has 23 heavy (non-hydrogen) atoms. The fourth-order valence-electron chi connectivity index (χ4n) is 1.99. The van der Waals surface area contributed by atoms with E-state index in [1.54, 1.807) is 43.5 Å². The summed E-state index contributed by atoms with van der Waals surface area (Å²) in [7, 11) is 0. The van der Waals surface area contributed by atoms with Gasteiger partial charge in [0.1, 0.15) is 29.4 Å². The number of thiophene rings is 1. The van der Waals surface area contributed by atoms with Crippen LogP contribution in [0.1, 0.15) is 18.7 Å². The fourth-order valence-corrected chi connectivity index (χ4v) is 2.78. The molecule has 8 heteroatoms. The highest BCUT2D eigenvalue weighted by molar-refractivity contribution is 7.10. The van der Waals surface area contributed by atoms with Crippen LogP contribution in [0.4, 0.5) is 0 Å². The van der Waals surface area contributed by atoms with E-state index in [4.69, 9.17) is 15.3 Å². The van der Waals surface area contributed by atoms with E-state index in [2.05, 4.69) is 5.16 Å². The predicted octanol–water partition coefficient (Wildman–Crippen LogP) is 2.38. The molecular weight excluding hydrogens is 314 g/mol. The summed E-state index contributed by atoms with van der Waals surface area (Å²) < 4.78 is 5.60. The number of hydrogen-bond acceptors (Lipinski definition) is 8. The lowest BCUT2D eigenvalue weighted by Crippen LogP contribution is -2.31. The maximum absolute atomic E-state index is 9.35. The summed E-state index contributed by atoms with van der Waals surface area (Å²) in [4.78, 5) is 6.05. The summed E-state index contributed by atoms with van der Waals surface area (Å²) in [5, 5.41) is 33.5. The highest BCUT2D eigenvalue weighted by atomic mass is 32.1. The van der Waals surface area contributed by atoms with Crippen molar-refractivity contribution in [2.45, 2.75) is 19.6 Å². The van der Waals surface area contributed by atoms with Crippen LogP contribution in [-0.4, -0.2) is 5.71 Å². The predicted molar refractivity (Wildman–Crippen MR) is 82.0 cm³/mol. The summed E-state index contributed by atoms with van der Waals surface area (Å²) in [5.41, 5.74) is 5.90. The molecule has 1 aliphatic heterocycles. The van der Waals surface area contributed by atoms with Gasteiger partial charge in [-0.15, -0.1) is 11.3 Å². The Bertz CT molecular complexity index is 826. The van der Waals surface area contributed by atoms with E-state index in [-0.39, 0.29) is 22.6 Å². The average molecular weight is 325 g/mol. The SMILES string of the molecule is CC(C)=NO[C@]1(c2cccs2)OC(N)=C(C#N)C1=C(C#N)C#N. The molecule has 0 spiro atoms. The Morgan fingerprint density at radius 3 is 2.52 bits per heavy atom. The Morgan fingerprint density at radius 1 is 1.35 bits per heavy atom. The molecular formula is C15H11N5O2S. The molecule has 1 aliphatic rings. The number of hydrogen-bond donors (Lipinski definition) is 1. The molecule has 0 amide bonds. The summed E-state index contributed by atoms with van der Waals surface area (Å²) >= 11 is 1.26. The molecule has 0 unspecified atom stereocenters. The first-order valence-electron chi connectivity index (χ1n) is 6.37. The van der Waals surface area contributed by atoms with Crippen molar-refractivity contribution >= 4 is 17.0 Å². The van der Waals surface area contributed by atoms with Crippen LogP contribution in [0.2, 0.25) is 0 Å². The first kappa shape index (κ1) is 16.1. The van der Waals surface area contributed by atoms with E-state index in [0.29, 0.717) is 10.6 Å². The Hall–Kier alpha value is -3.28. The quantitative estimate of drug-likeness (QED) is 0.516. The average Bonchev–Trinajstić information content (AvgIpc) is 3.14. The number of nitrogens with two attached hydrogens (primary N) is 1. The third kappa shape index (κ3) is 2.62. The summed E-state index contributed by atoms with van der Waals surface area (Å²) in [5.74, 6) is -1.94. The third-order valence-electron chi connectivity index (χ3n) is 2.87. The number of nitriles is 3. The minimum absolute atomic E-state index is 0.0325. The van der Waals surface area contributed by atoms with Gasteiger partial charge in [0.05, 0.1) is 16.2 Å². The van der Waals surface area contributed by atoms with Crippen molar-refractivity contribution in [1.82, 2.24) is 0 Å². The summed E-state index contributed by atoms with van der Waals surface area (Å²) in [6, 6.07) is 8.81. The second-order valence-electron chi connectivity index (χ2n) is 4.65. The normalized spacial score (nSPS) is 19.2. The second kappa shape index (κ2) is 6.23. The molecule has 1 atom stereocenters. The standard InChI is InChI=1S/C15H11N5O2S/c1-9(2)20-22-15(12-4-3-5-23-12)13(10(6-16)7-17)11(8-18)14(19)21-15/h3-5H,19H2,1-2H3/t15-/m0/s1. The minimum Gasteiger partial charge on any atom is -0.425 e. The highest BCUT2D eigenvalue weighted by Crippen LogP contribution is 2.48. The lowest BCUT2D eigenvalue weighted by Gasteiger charge is -2.27. The molecule has 1 aromatic rings. The molecule has 0 bridgehead atoms. The largest absolute Gasteiger partial charge is 0.425 e. The minimum atomic E-state index is -1.72. The zero-order chi connectivity index (χ0) is 17.0. The van der Waals surface area contributed by atoms with Crippen LogP contribution >= 0.6 is 11.3 Å². The van der Waals surface area contributed by atoms with Crippen LogP contribution < -0.4 is 5.73 Å². The molecule has 0 aliphatic carbocycles. The van der Waals surface area contributed by atoms with Gasteiger partial charge in [0.2, 0.25) is 5.88 Å². The third-order valence-corrected chi connectivity index (χ3v) is 3.82. The zero-order valence-electron chi connectivity index (χ0n) is 12.3. The van der Waals surface area contributed by atoms with Crippen molar-refractivity contribution in [2.24, 2.45) is 10.9 Å². The zero-order valence-corrected chi connectivity index (χ0v) is 13.1. The van der Waals surface area contributed by atoms with Gasteiger partial charge < -0.3 is 15.3 Å². The van der Waals surface area contributed by atoms with Gasteiger partial charge >= 0.3 is 5.79 Å². The van der Waals surface area contributed by atoms with Crippen LogP contribution in [0.5, 0.6) is 0 Å². The number of nitrogens with zero attached hydrogens (tertiary/aromatic N) is 4. The van der Waals surface area contributed by atoms with Crippen LogP contribution in [0, 0.1) is 34.0 Å². The Kier molecular flexibility index (Phi) is 4.36. The Labute approximate surface area is 136 Å². The lowest BCUT2D eigenvalue weighted by atomic mass is 9.94. The van der Waals surface area contributed by atoms with Gasteiger partial charge in [-0.05, 0) is 25.3 Å². The van der Waals surface area contributed by atoms with Crippen molar-refractivity contribution < 1.29 is 9.57 Å². The van der Waals surface area contributed by atoms with Gasteiger partial charge in [0, 0.05) is 0 Å². The maximum Gasteiger partial charge on any atom is 0.342 e. The highest BCUT2D eigenvalue weighted by Gasteiger charge is 2.53.